The third kappa shape index (κ3) is 3.94. The molecule has 0 fully saturated rings. The maximum Gasteiger partial charge on any atom is 0.262 e. The fraction of sp³-hybridized carbons (Fsp3) is 0.238. The van der Waals surface area contributed by atoms with Gasteiger partial charge in [-0.05, 0) is 66.3 Å². The number of carbonyl (C=O) groups excluding carboxylic acids is 1. The fourth-order valence-electron chi connectivity index (χ4n) is 3.26. The van der Waals surface area contributed by atoms with Gasteiger partial charge in [-0.25, -0.2) is 0 Å². The Bertz CT molecular complexity index is 886. The van der Waals surface area contributed by atoms with Crippen molar-refractivity contribution in [1.82, 2.24) is 9.78 Å². The van der Waals surface area contributed by atoms with Gasteiger partial charge >= 0.3 is 0 Å². The zero-order valence-electron chi connectivity index (χ0n) is 14.5. The van der Waals surface area contributed by atoms with E-state index in [-0.39, 0.29) is 12.5 Å². The molecule has 1 aliphatic carbocycles. The summed E-state index contributed by atoms with van der Waals surface area (Å²) >= 11 is 0. The van der Waals surface area contributed by atoms with Crippen LogP contribution in [0.5, 0.6) is 5.75 Å². The van der Waals surface area contributed by atoms with Crippen LogP contribution in [0, 0.1) is 0 Å². The highest BCUT2D eigenvalue weighted by atomic mass is 16.5. The van der Waals surface area contributed by atoms with Gasteiger partial charge in [-0.1, -0.05) is 18.2 Å². The number of hydrogen-bond donors (Lipinski definition) is 1. The number of hydrogen-bond acceptors (Lipinski definition) is 3. The number of ether oxygens (including phenoxy) is 1. The molecule has 0 radical (unpaired) electrons. The lowest BCUT2D eigenvalue weighted by molar-refractivity contribution is -0.118. The summed E-state index contributed by atoms with van der Waals surface area (Å²) in [6, 6.07) is 15.8. The van der Waals surface area contributed by atoms with E-state index in [1.54, 1.807) is 6.20 Å². The van der Waals surface area contributed by atoms with Crippen molar-refractivity contribution in [3.05, 3.63) is 77.6 Å². The van der Waals surface area contributed by atoms with Crippen LogP contribution in [0.15, 0.2) is 60.9 Å². The van der Waals surface area contributed by atoms with E-state index >= 15 is 0 Å². The van der Waals surface area contributed by atoms with Crippen molar-refractivity contribution in [2.45, 2.75) is 25.8 Å². The molecule has 0 unspecified atom stereocenters. The summed E-state index contributed by atoms with van der Waals surface area (Å²) in [4.78, 5) is 12.1. The minimum atomic E-state index is -0.162. The van der Waals surface area contributed by atoms with Crippen molar-refractivity contribution in [2.24, 2.45) is 0 Å². The molecule has 0 bridgehead atoms. The molecular weight excluding hydrogens is 326 g/mol. The Morgan fingerprint density at radius 3 is 2.77 bits per heavy atom. The molecule has 0 saturated heterocycles. The molecule has 2 aromatic carbocycles. The van der Waals surface area contributed by atoms with E-state index in [1.807, 2.05) is 47.3 Å². The van der Waals surface area contributed by atoms with Crippen LogP contribution in [-0.4, -0.2) is 22.3 Å². The first kappa shape index (κ1) is 16.4. The van der Waals surface area contributed by atoms with Crippen LogP contribution in [0.25, 0.3) is 0 Å². The number of rotatable bonds is 6. The molecule has 1 aromatic heterocycles. The first-order valence-corrected chi connectivity index (χ1v) is 8.87. The van der Waals surface area contributed by atoms with E-state index in [2.05, 4.69) is 22.5 Å². The normalized spacial score (nSPS) is 12.6. The van der Waals surface area contributed by atoms with Gasteiger partial charge in [-0.3, -0.25) is 9.48 Å². The predicted octanol–water partition coefficient (Wildman–Crippen LogP) is 3.44. The molecule has 1 aliphatic rings. The van der Waals surface area contributed by atoms with Crippen LogP contribution < -0.4 is 10.1 Å². The average molecular weight is 347 g/mol. The molecule has 1 heterocycles. The third-order valence-corrected chi connectivity index (χ3v) is 4.58. The second-order valence-electron chi connectivity index (χ2n) is 6.52. The molecule has 0 spiro atoms. The van der Waals surface area contributed by atoms with Crippen molar-refractivity contribution in [3.63, 3.8) is 0 Å². The maximum absolute atomic E-state index is 12.1. The molecule has 5 nitrogen and oxygen atoms in total. The van der Waals surface area contributed by atoms with E-state index in [0.717, 1.165) is 29.8 Å². The number of amides is 1. The molecule has 0 aliphatic heterocycles. The summed E-state index contributed by atoms with van der Waals surface area (Å²) in [5.74, 6) is 0.598. The van der Waals surface area contributed by atoms with Gasteiger partial charge in [-0.2, -0.15) is 5.10 Å². The highest BCUT2D eigenvalue weighted by molar-refractivity contribution is 5.91. The number of fused-ring (bicyclic) bond motifs is 1. The second-order valence-corrected chi connectivity index (χ2v) is 6.52. The first-order chi connectivity index (χ1) is 12.8. The molecule has 0 atom stereocenters. The maximum atomic E-state index is 12.1. The number of nitrogens with one attached hydrogen (secondary N) is 1. The van der Waals surface area contributed by atoms with Gasteiger partial charge in [0.2, 0.25) is 0 Å². The lowest BCUT2D eigenvalue weighted by Crippen LogP contribution is -2.20. The van der Waals surface area contributed by atoms with E-state index in [0.29, 0.717) is 6.54 Å². The number of benzene rings is 2. The molecule has 132 valence electrons. The topological polar surface area (TPSA) is 56.1 Å². The van der Waals surface area contributed by atoms with Gasteiger partial charge in [0.15, 0.2) is 6.61 Å². The minimum Gasteiger partial charge on any atom is -0.484 e. The summed E-state index contributed by atoms with van der Waals surface area (Å²) in [6.07, 6.45) is 7.13. The van der Waals surface area contributed by atoms with Crippen molar-refractivity contribution in [3.8, 4) is 5.75 Å². The highest BCUT2D eigenvalue weighted by Crippen LogP contribution is 2.26. The standard InChI is InChI=1S/C21H21N3O2/c25-21(15-26-20-10-7-17-3-1-4-18(17)13-20)23-19-8-5-16(6-9-19)14-24-12-2-11-22-24/h2,5-13H,1,3-4,14-15H2,(H,23,25). The highest BCUT2D eigenvalue weighted by Gasteiger charge is 2.12. The average Bonchev–Trinajstić information content (AvgIpc) is 3.33. The number of carbonyl (C=O) groups is 1. The molecule has 5 heteroatoms. The fourth-order valence-corrected chi connectivity index (χ4v) is 3.26. The zero-order valence-corrected chi connectivity index (χ0v) is 14.5. The van der Waals surface area contributed by atoms with Gasteiger partial charge in [0.05, 0.1) is 6.54 Å². The SMILES string of the molecule is O=C(COc1ccc2c(c1)CCC2)Nc1ccc(Cn2cccn2)cc1. The monoisotopic (exact) mass is 347 g/mol. The van der Waals surface area contributed by atoms with E-state index < -0.39 is 0 Å². The smallest absolute Gasteiger partial charge is 0.262 e. The summed E-state index contributed by atoms with van der Waals surface area (Å²) in [6.45, 7) is 0.719. The predicted molar refractivity (Wildman–Crippen MR) is 100 cm³/mol. The Morgan fingerprint density at radius 1 is 1.12 bits per heavy atom. The van der Waals surface area contributed by atoms with Crippen LogP contribution in [0.3, 0.4) is 0 Å². The Hall–Kier alpha value is -3.08. The Kier molecular flexibility index (Phi) is 4.69. The lowest BCUT2D eigenvalue weighted by Gasteiger charge is -2.09. The molecule has 0 saturated carbocycles. The number of nitrogens with zero attached hydrogens (tertiary/aromatic N) is 2. The van der Waals surface area contributed by atoms with Crippen molar-refractivity contribution < 1.29 is 9.53 Å². The number of anilines is 1. The van der Waals surface area contributed by atoms with Gasteiger partial charge in [-0.15, -0.1) is 0 Å². The molecule has 1 N–H and O–H groups in total. The van der Waals surface area contributed by atoms with E-state index in [4.69, 9.17) is 4.74 Å². The third-order valence-electron chi connectivity index (χ3n) is 4.58. The molecule has 3 aromatic rings. The molecule has 4 rings (SSSR count). The van der Waals surface area contributed by atoms with Crippen LogP contribution in [0.1, 0.15) is 23.1 Å². The number of aromatic nitrogens is 2. The van der Waals surface area contributed by atoms with Crippen LogP contribution in [0.2, 0.25) is 0 Å². The summed E-state index contributed by atoms with van der Waals surface area (Å²) in [5.41, 5.74) is 4.63. The van der Waals surface area contributed by atoms with Crippen LogP contribution >= 0.6 is 0 Å². The van der Waals surface area contributed by atoms with Gasteiger partial charge in [0.25, 0.3) is 5.91 Å². The largest absolute Gasteiger partial charge is 0.484 e. The summed E-state index contributed by atoms with van der Waals surface area (Å²) < 4.78 is 7.49. The summed E-state index contributed by atoms with van der Waals surface area (Å²) in [5, 5.41) is 7.05. The van der Waals surface area contributed by atoms with Gasteiger partial charge in [0, 0.05) is 18.1 Å². The van der Waals surface area contributed by atoms with Crippen molar-refractivity contribution >= 4 is 11.6 Å². The first-order valence-electron chi connectivity index (χ1n) is 8.87. The zero-order chi connectivity index (χ0) is 17.8. The van der Waals surface area contributed by atoms with Crippen molar-refractivity contribution in [1.29, 1.82) is 0 Å². The lowest BCUT2D eigenvalue weighted by atomic mass is 10.1. The number of aryl methyl sites for hydroxylation is 2. The van der Waals surface area contributed by atoms with Gasteiger partial charge in [0.1, 0.15) is 5.75 Å². The van der Waals surface area contributed by atoms with E-state index in [9.17, 15) is 4.79 Å². The Morgan fingerprint density at radius 2 is 1.96 bits per heavy atom. The molecular formula is C21H21N3O2. The van der Waals surface area contributed by atoms with Crippen LogP contribution in [-0.2, 0) is 24.2 Å². The quantitative estimate of drug-likeness (QED) is 0.743. The Labute approximate surface area is 152 Å². The summed E-state index contributed by atoms with van der Waals surface area (Å²) in [7, 11) is 0. The van der Waals surface area contributed by atoms with E-state index in [1.165, 1.54) is 17.5 Å². The van der Waals surface area contributed by atoms with Gasteiger partial charge < -0.3 is 10.1 Å². The Balaban J connectivity index is 1.29. The van der Waals surface area contributed by atoms with Crippen LogP contribution in [0.4, 0.5) is 5.69 Å². The minimum absolute atomic E-state index is 0.00776. The van der Waals surface area contributed by atoms with Crippen molar-refractivity contribution in [2.75, 3.05) is 11.9 Å². The molecule has 1 amide bonds. The molecule has 26 heavy (non-hydrogen) atoms. The second kappa shape index (κ2) is 7.44.